The van der Waals surface area contributed by atoms with Crippen LogP contribution >= 0.6 is 0 Å². The zero-order valence-electron chi connectivity index (χ0n) is 16.1. The van der Waals surface area contributed by atoms with E-state index in [0.717, 1.165) is 16.0 Å². The number of amides is 2. The van der Waals surface area contributed by atoms with Gasteiger partial charge in [0.05, 0.1) is 5.69 Å². The average molecular weight is 395 g/mol. The summed E-state index contributed by atoms with van der Waals surface area (Å²) in [7, 11) is 0. The first-order chi connectivity index (χ1) is 13.9. The van der Waals surface area contributed by atoms with Crippen LogP contribution in [-0.4, -0.2) is 41.5 Å². The highest BCUT2D eigenvalue weighted by atomic mass is 16.5. The third kappa shape index (κ3) is 4.60. The van der Waals surface area contributed by atoms with Crippen molar-refractivity contribution < 1.29 is 24.2 Å². The number of aliphatic carboxylic acids is 1. The van der Waals surface area contributed by atoms with Crippen molar-refractivity contribution in [2.45, 2.75) is 26.6 Å². The fraction of sp³-hybridized carbons (Fsp3) is 0.238. The lowest BCUT2D eigenvalue weighted by Crippen LogP contribution is -2.49. The SMILES string of the molecule is CC1=NC(NC(=O)OCc2ccccc2)C(=O)N(CC(=O)O)c2c(C)cccc21. The number of carboxylic acids is 1. The Morgan fingerprint density at radius 1 is 1.14 bits per heavy atom. The molecule has 0 aromatic heterocycles. The number of benzodiazepines with no additional fused rings is 1. The summed E-state index contributed by atoms with van der Waals surface area (Å²) in [5, 5.41) is 11.7. The number of ether oxygens (including phenoxy) is 1. The van der Waals surface area contributed by atoms with Crippen molar-refractivity contribution in [3.8, 4) is 0 Å². The van der Waals surface area contributed by atoms with Crippen LogP contribution < -0.4 is 10.2 Å². The van der Waals surface area contributed by atoms with E-state index in [4.69, 9.17) is 4.74 Å². The number of fused-ring (bicyclic) bond motifs is 1. The summed E-state index contributed by atoms with van der Waals surface area (Å²) in [6.45, 7) is 2.99. The zero-order valence-corrected chi connectivity index (χ0v) is 16.1. The second-order valence-corrected chi connectivity index (χ2v) is 6.61. The number of alkyl carbamates (subject to hydrolysis) is 1. The second-order valence-electron chi connectivity index (χ2n) is 6.61. The van der Waals surface area contributed by atoms with Gasteiger partial charge in [-0.05, 0) is 25.0 Å². The van der Waals surface area contributed by atoms with Gasteiger partial charge in [-0.3, -0.25) is 24.8 Å². The number of nitrogens with zero attached hydrogens (tertiary/aromatic N) is 2. The minimum Gasteiger partial charge on any atom is -0.480 e. The van der Waals surface area contributed by atoms with Crippen LogP contribution in [0.4, 0.5) is 10.5 Å². The molecule has 2 N–H and O–H groups in total. The first-order valence-electron chi connectivity index (χ1n) is 9.01. The van der Waals surface area contributed by atoms with Gasteiger partial charge in [0.2, 0.25) is 6.17 Å². The van der Waals surface area contributed by atoms with Crippen molar-refractivity contribution in [1.29, 1.82) is 0 Å². The number of hydrogen-bond acceptors (Lipinski definition) is 5. The molecule has 1 aliphatic rings. The van der Waals surface area contributed by atoms with Crippen LogP contribution in [0, 0.1) is 6.92 Å². The number of aliphatic imine (C=N–C) groups is 1. The molecule has 0 bridgehead atoms. The Balaban J connectivity index is 1.83. The summed E-state index contributed by atoms with van der Waals surface area (Å²) in [5.74, 6) is -1.81. The number of carbonyl (C=O) groups is 3. The second kappa shape index (κ2) is 8.55. The number of anilines is 1. The van der Waals surface area contributed by atoms with Crippen molar-refractivity contribution in [3.63, 3.8) is 0 Å². The quantitative estimate of drug-likeness (QED) is 0.809. The Morgan fingerprint density at radius 3 is 2.55 bits per heavy atom. The number of para-hydroxylation sites is 1. The number of aryl methyl sites for hydroxylation is 1. The topological polar surface area (TPSA) is 108 Å². The molecule has 2 aromatic rings. The normalized spacial score (nSPS) is 15.8. The molecule has 8 heteroatoms. The van der Waals surface area contributed by atoms with Crippen molar-refractivity contribution in [1.82, 2.24) is 5.32 Å². The summed E-state index contributed by atoms with van der Waals surface area (Å²) in [5.41, 5.74) is 3.16. The maximum absolute atomic E-state index is 13.0. The monoisotopic (exact) mass is 395 g/mol. The molecule has 2 aromatic carbocycles. The van der Waals surface area contributed by atoms with E-state index < -0.39 is 30.7 Å². The summed E-state index contributed by atoms with van der Waals surface area (Å²) < 4.78 is 5.17. The van der Waals surface area contributed by atoms with E-state index in [1.165, 1.54) is 0 Å². The molecule has 2 amide bonds. The molecule has 3 rings (SSSR count). The number of rotatable bonds is 5. The van der Waals surface area contributed by atoms with E-state index in [1.54, 1.807) is 44.2 Å². The Hall–Kier alpha value is -3.68. The van der Waals surface area contributed by atoms with E-state index in [9.17, 15) is 19.5 Å². The summed E-state index contributed by atoms with van der Waals surface area (Å²) in [6.07, 6.45) is -2.11. The summed E-state index contributed by atoms with van der Waals surface area (Å²) >= 11 is 0. The van der Waals surface area contributed by atoms with Gasteiger partial charge < -0.3 is 9.84 Å². The van der Waals surface area contributed by atoms with E-state index in [-0.39, 0.29) is 6.61 Å². The molecule has 29 heavy (non-hydrogen) atoms. The van der Waals surface area contributed by atoms with Crippen LogP contribution in [0.5, 0.6) is 0 Å². The molecule has 1 aliphatic heterocycles. The van der Waals surface area contributed by atoms with E-state index in [2.05, 4.69) is 10.3 Å². The maximum atomic E-state index is 13.0. The lowest BCUT2D eigenvalue weighted by Gasteiger charge is -2.25. The molecule has 1 heterocycles. The highest BCUT2D eigenvalue weighted by molar-refractivity contribution is 6.13. The van der Waals surface area contributed by atoms with Gasteiger partial charge in [-0.2, -0.15) is 0 Å². The number of carbonyl (C=O) groups excluding carboxylic acids is 2. The molecule has 0 aliphatic carbocycles. The molecule has 1 unspecified atom stereocenters. The van der Waals surface area contributed by atoms with Crippen LogP contribution in [0.15, 0.2) is 53.5 Å². The van der Waals surface area contributed by atoms with Crippen LogP contribution in [0.3, 0.4) is 0 Å². The van der Waals surface area contributed by atoms with Crippen molar-refractivity contribution in [3.05, 3.63) is 65.2 Å². The largest absolute Gasteiger partial charge is 0.480 e. The van der Waals surface area contributed by atoms with Crippen LogP contribution in [0.25, 0.3) is 0 Å². The molecule has 0 radical (unpaired) electrons. The van der Waals surface area contributed by atoms with Gasteiger partial charge in [0, 0.05) is 11.3 Å². The Bertz CT molecular complexity index is 972. The third-order valence-corrected chi connectivity index (χ3v) is 4.48. The number of carboxylic acid groups (broad SMARTS) is 1. The Morgan fingerprint density at radius 2 is 1.86 bits per heavy atom. The van der Waals surface area contributed by atoms with Crippen LogP contribution in [0.1, 0.15) is 23.6 Å². The van der Waals surface area contributed by atoms with Gasteiger partial charge in [0.15, 0.2) is 0 Å². The third-order valence-electron chi connectivity index (χ3n) is 4.48. The highest BCUT2D eigenvalue weighted by Crippen LogP contribution is 2.29. The lowest BCUT2D eigenvalue weighted by molar-refractivity contribution is -0.136. The lowest BCUT2D eigenvalue weighted by atomic mass is 10.0. The fourth-order valence-electron chi connectivity index (χ4n) is 3.15. The minimum absolute atomic E-state index is 0.0362. The first kappa shape index (κ1) is 20.1. The number of hydrogen-bond donors (Lipinski definition) is 2. The van der Waals surface area contributed by atoms with Crippen LogP contribution in [0.2, 0.25) is 0 Å². The number of nitrogens with one attached hydrogen (secondary N) is 1. The van der Waals surface area contributed by atoms with Gasteiger partial charge in [0.25, 0.3) is 5.91 Å². The molecule has 1 atom stereocenters. The van der Waals surface area contributed by atoms with Gasteiger partial charge in [0.1, 0.15) is 13.2 Å². The van der Waals surface area contributed by atoms with Gasteiger partial charge in [-0.15, -0.1) is 0 Å². The fourth-order valence-corrected chi connectivity index (χ4v) is 3.15. The predicted octanol–water partition coefficient (Wildman–Crippen LogP) is 2.49. The van der Waals surface area contributed by atoms with Gasteiger partial charge in [-0.1, -0.05) is 48.5 Å². The molecule has 8 nitrogen and oxygen atoms in total. The Kier molecular flexibility index (Phi) is 5.92. The van der Waals surface area contributed by atoms with Crippen molar-refractivity contribution in [2.24, 2.45) is 4.99 Å². The standard InChI is InChI=1S/C21H21N3O5/c1-13-7-6-10-16-14(2)22-19(20(27)24(18(13)16)11-17(25)26)23-21(28)29-12-15-8-4-3-5-9-15/h3-10,19H,11-12H2,1-2H3,(H,23,28)(H,25,26). The molecule has 0 fully saturated rings. The summed E-state index contributed by atoms with van der Waals surface area (Å²) in [4.78, 5) is 42.1. The smallest absolute Gasteiger partial charge is 0.409 e. The molecular formula is C21H21N3O5. The summed E-state index contributed by atoms with van der Waals surface area (Å²) in [6, 6.07) is 14.5. The zero-order chi connectivity index (χ0) is 21.0. The predicted molar refractivity (Wildman–Crippen MR) is 107 cm³/mol. The van der Waals surface area contributed by atoms with E-state index >= 15 is 0 Å². The van der Waals surface area contributed by atoms with E-state index in [1.807, 2.05) is 18.2 Å². The first-order valence-corrected chi connectivity index (χ1v) is 9.01. The Labute approximate surface area is 167 Å². The van der Waals surface area contributed by atoms with Crippen molar-refractivity contribution in [2.75, 3.05) is 11.4 Å². The van der Waals surface area contributed by atoms with E-state index in [0.29, 0.717) is 17.0 Å². The van der Waals surface area contributed by atoms with Gasteiger partial charge in [-0.25, -0.2) is 4.79 Å². The van der Waals surface area contributed by atoms with Gasteiger partial charge >= 0.3 is 12.1 Å². The number of benzene rings is 2. The maximum Gasteiger partial charge on any atom is 0.409 e. The van der Waals surface area contributed by atoms with Crippen molar-refractivity contribution >= 4 is 29.4 Å². The van der Waals surface area contributed by atoms with Crippen LogP contribution in [-0.2, 0) is 20.9 Å². The molecule has 0 saturated heterocycles. The average Bonchev–Trinajstić information content (AvgIpc) is 2.78. The molecule has 0 saturated carbocycles. The minimum atomic E-state index is -1.29. The molecule has 150 valence electrons. The highest BCUT2D eigenvalue weighted by Gasteiger charge is 2.33. The molecule has 0 spiro atoms. The molecular weight excluding hydrogens is 374 g/mol.